The summed E-state index contributed by atoms with van der Waals surface area (Å²) < 4.78 is 31.7. The van der Waals surface area contributed by atoms with Gasteiger partial charge in [-0.1, -0.05) is 19.4 Å². The summed E-state index contributed by atoms with van der Waals surface area (Å²) in [5.74, 6) is -0.418. The summed E-state index contributed by atoms with van der Waals surface area (Å²) in [6, 6.07) is 0. The van der Waals surface area contributed by atoms with Gasteiger partial charge in [-0.25, -0.2) is 0 Å². The lowest BCUT2D eigenvalue weighted by Crippen LogP contribution is -2.58. The van der Waals surface area contributed by atoms with Crippen LogP contribution in [0.25, 0.3) is 0 Å². The zero-order valence-electron chi connectivity index (χ0n) is 9.27. The maximum absolute atomic E-state index is 11.3. The molecule has 0 radical (unpaired) electrons. The van der Waals surface area contributed by atoms with E-state index in [4.69, 9.17) is 4.55 Å². The average molecular weight is 247 g/mol. The fourth-order valence-corrected chi connectivity index (χ4v) is 3.55. The molecule has 2 N–H and O–H groups in total. The average Bonchev–Trinajstić information content (AvgIpc) is 2.15. The first-order valence-corrected chi connectivity index (χ1v) is 6.71. The number of hydrogen-bond acceptors (Lipinski definition) is 3. The van der Waals surface area contributed by atoms with Gasteiger partial charge in [0.25, 0.3) is 10.1 Å². The number of nitrogens with one attached hydrogen (secondary N) is 1. The standard InChI is InChI=1S/C10H17NO4S/c1-3-9(12)11-10(2)7-5-4-6-8(10)16(13,14)15/h3,8H,1,4-7H2,2H3,(H,11,12)(H,13,14,15). The summed E-state index contributed by atoms with van der Waals surface area (Å²) in [6.07, 6.45) is 3.58. The Bertz CT molecular complexity index is 390. The van der Waals surface area contributed by atoms with Crippen LogP contribution in [0.2, 0.25) is 0 Å². The van der Waals surface area contributed by atoms with Crippen molar-refractivity contribution in [3.05, 3.63) is 12.7 Å². The lowest BCUT2D eigenvalue weighted by atomic mass is 9.82. The maximum atomic E-state index is 11.3. The molecule has 0 aromatic rings. The van der Waals surface area contributed by atoms with Crippen molar-refractivity contribution >= 4 is 16.0 Å². The summed E-state index contributed by atoms with van der Waals surface area (Å²) in [5.41, 5.74) is -0.906. The zero-order chi connectivity index (χ0) is 12.4. The number of carbonyl (C=O) groups excluding carboxylic acids is 1. The van der Waals surface area contributed by atoms with Gasteiger partial charge in [0.05, 0.1) is 5.54 Å². The maximum Gasteiger partial charge on any atom is 0.270 e. The van der Waals surface area contributed by atoms with E-state index in [0.29, 0.717) is 12.8 Å². The van der Waals surface area contributed by atoms with Gasteiger partial charge >= 0.3 is 0 Å². The van der Waals surface area contributed by atoms with Crippen molar-refractivity contribution in [2.24, 2.45) is 0 Å². The van der Waals surface area contributed by atoms with Crippen molar-refractivity contribution in [3.8, 4) is 0 Å². The monoisotopic (exact) mass is 247 g/mol. The second-order valence-corrected chi connectivity index (χ2v) is 5.96. The highest BCUT2D eigenvalue weighted by Gasteiger charge is 2.44. The molecule has 1 amide bonds. The van der Waals surface area contributed by atoms with Gasteiger partial charge in [-0.05, 0) is 25.8 Å². The number of hydrogen-bond donors (Lipinski definition) is 2. The van der Waals surface area contributed by atoms with E-state index in [1.54, 1.807) is 6.92 Å². The number of amides is 1. The van der Waals surface area contributed by atoms with Crippen LogP contribution in [0.4, 0.5) is 0 Å². The number of rotatable bonds is 3. The molecule has 1 aliphatic carbocycles. The molecule has 1 rings (SSSR count). The molecule has 0 bridgehead atoms. The van der Waals surface area contributed by atoms with Gasteiger partial charge in [0.1, 0.15) is 5.25 Å². The topological polar surface area (TPSA) is 83.5 Å². The highest BCUT2D eigenvalue weighted by Crippen LogP contribution is 2.32. The molecule has 1 aliphatic rings. The Kier molecular flexibility index (Phi) is 3.75. The predicted octanol–water partition coefficient (Wildman–Crippen LogP) is 0.878. The van der Waals surface area contributed by atoms with Crippen LogP contribution < -0.4 is 5.32 Å². The normalized spacial score (nSPS) is 30.8. The Morgan fingerprint density at radius 2 is 2.19 bits per heavy atom. The Labute approximate surface area is 95.7 Å². The Balaban J connectivity index is 2.96. The molecule has 5 nitrogen and oxygen atoms in total. The van der Waals surface area contributed by atoms with Crippen molar-refractivity contribution in [2.45, 2.75) is 43.4 Å². The minimum atomic E-state index is -4.14. The second-order valence-electron chi connectivity index (χ2n) is 4.36. The fourth-order valence-electron chi connectivity index (χ4n) is 2.25. The van der Waals surface area contributed by atoms with E-state index in [9.17, 15) is 13.2 Å². The lowest BCUT2D eigenvalue weighted by molar-refractivity contribution is -0.118. The van der Waals surface area contributed by atoms with Crippen LogP contribution in [0.15, 0.2) is 12.7 Å². The lowest BCUT2D eigenvalue weighted by Gasteiger charge is -2.39. The molecular formula is C10H17NO4S. The molecule has 6 heteroatoms. The van der Waals surface area contributed by atoms with E-state index in [1.165, 1.54) is 0 Å². The summed E-state index contributed by atoms with van der Waals surface area (Å²) in [5, 5.41) is 1.67. The van der Waals surface area contributed by atoms with Gasteiger partial charge in [0.2, 0.25) is 5.91 Å². The third-order valence-electron chi connectivity index (χ3n) is 3.08. The van der Waals surface area contributed by atoms with Crippen LogP contribution >= 0.6 is 0 Å². The van der Waals surface area contributed by atoms with E-state index < -0.39 is 26.8 Å². The summed E-state index contributed by atoms with van der Waals surface area (Å²) in [4.78, 5) is 11.3. The molecule has 92 valence electrons. The zero-order valence-corrected chi connectivity index (χ0v) is 10.1. The van der Waals surface area contributed by atoms with Crippen LogP contribution in [0, 0.1) is 0 Å². The van der Waals surface area contributed by atoms with Crippen molar-refractivity contribution in [1.82, 2.24) is 5.32 Å². The fraction of sp³-hybridized carbons (Fsp3) is 0.700. The molecule has 16 heavy (non-hydrogen) atoms. The Hall–Kier alpha value is -0.880. The molecule has 1 saturated carbocycles. The van der Waals surface area contributed by atoms with Gasteiger partial charge in [-0.15, -0.1) is 0 Å². The third kappa shape index (κ3) is 2.82. The molecule has 0 saturated heterocycles. The largest absolute Gasteiger partial charge is 0.346 e. The molecule has 1 fully saturated rings. The smallest absolute Gasteiger partial charge is 0.270 e. The molecule has 0 aromatic heterocycles. The molecule has 2 unspecified atom stereocenters. The van der Waals surface area contributed by atoms with Crippen molar-refractivity contribution < 1.29 is 17.8 Å². The van der Waals surface area contributed by atoms with Gasteiger partial charge in [0.15, 0.2) is 0 Å². The third-order valence-corrected chi connectivity index (χ3v) is 4.55. The molecule has 0 spiro atoms. The van der Waals surface area contributed by atoms with Crippen LogP contribution in [0.1, 0.15) is 32.6 Å². The first kappa shape index (κ1) is 13.2. The van der Waals surface area contributed by atoms with E-state index in [-0.39, 0.29) is 0 Å². The van der Waals surface area contributed by atoms with E-state index >= 15 is 0 Å². The van der Waals surface area contributed by atoms with Crippen molar-refractivity contribution in [2.75, 3.05) is 0 Å². The highest BCUT2D eigenvalue weighted by molar-refractivity contribution is 7.86. The van der Waals surface area contributed by atoms with Crippen LogP contribution in [-0.4, -0.2) is 29.7 Å². The minimum absolute atomic E-state index is 0.368. The first-order valence-electron chi connectivity index (χ1n) is 5.20. The van der Waals surface area contributed by atoms with E-state index in [0.717, 1.165) is 18.9 Å². The summed E-state index contributed by atoms with van der Waals surface area (Å²) in [6.45, 7) is 4.97. The summed E-state index contributed by atoms with van der Waals surface area (Å²) in [7, 11) is -4.14. The Morgan fingerprint density at radius 1 is 1.56 bits per heavy atom. The van der Waals surface area contributed by atoms with Crippen molar-refractivity contribution in [1.29, 1.82) is 0 Å². The quantitative estimate of drug-likeness (QED) is 0.573. The minimum Gasteiger partial charge on any atom is -0.346 e. The first-order chi connectivity index (χ1) is 7.29. The molecule has 0 aliphatic heterocycles. The highest BCUT2D eigenvalue weighted by atomic mass is 32.2. The van der Waals surface area contributed by atoms with Gasteiger partial charge in [-0.3, -0.25) is 9.35 Å². The predicted molar refractivity (Wildman–Crippen MR) is 60.5 cm³/mol. The van der Waals surface area contributed by atoms with Crippen LogP contribution in [0.3, 0.4) is 0 Å². The van der Waals surface area contributed by atoms with Crippen LogP contribution in [-0.2, 0) is 14.9 Å². The van der Waals surface area contributed by atoms with Gasteiger partial charge in [0, 0.05) is 0 Å². The Morgan fingerprint density at radius 3 is 2.69 bits per heavy atom. The SMILES string of the molecule is C=CC(=O)NC1(C)CCCCC1S(=O)(=O)O. The summed E-state index contributed by atoms with van der Waals surface area (Å²) >= 11 is 0. The molecule has 0 heterocycles. The molecular weight excluding hydrogens is 230 g/mol. The van der Waals surface area contributed by atoms with Crippen molar-refractivity contribution in [3.63, 3.8) is 0 Å². The van der Waals surface area contributed by atoms with Gasteiger partial charge < -0.3 is 5.32 Å². The van der Waals surface area contributed by atoms with E-state index in [2.05, 4.69) is 11.9 Å². The molecule has 0 aromatic carbocycles. The molecule has 2 atom stereocenters. The van der Waals surface area contributed by atoms with Crippen LogP contribution in [0.5, 0.6) is 0 Å². The van der Waals surface area contributed by atoms with Gasteiger partial charge in [-0.2, -0.15) is 8.42 Å². The number of carbonyl (C=O) groups is 1. The second kappa shape index (κ2) is 4.55. The van der Waals surface area contributed by atoms with E-state index in [1.807, 2.05) is 0 Å².